The molecule has 19 heavy (non-hydrogen) atoms. The van der Waals surface area contributed by atoms with E-state index in [-0.39, 0.29) is 0 Å². The van der Waals surface area contributed by atoms with Gasteiger partial charge in [0.05, 0.1) is 6.26 Å². The van der Waals surface area contributed by atoms with Crippen LogP contribution >= 0.6 is 0 Å². The van der Waals surface area contributed by atoms with Crippen LogP contribution in [0.15, 0.2) is 73.0 Å². The van der Waals surface area contributed by atoms with E-state index in [4.69, 9.17) is 10.5 Å². The minimum atomic E-state index is -0.428. The largest absolute Gasteiger partial charge is 0.479 e. The van der Waals surface area contributed by atoms with Gasteiger partial charge in [0.15, 0.2) is 6.23 Å². The smallest absolute Gasteiger partial charge is 0.174 e. The molecule has 2 nitrogen and oxygen atoms in total. The first-order valence-electron chi connectivity index (χ1n) is 6.29. The molecule has 1 atom stereocenters. The molecule has 2 N–H and O–H groups in total. The van der Waals surface area contributed by atoms with Gasteiger partial charge in [-0.3, -0.25) is 5.73 Å². The van der Waals surface area contributed by atoms with Gasteiger partial charge in [-0.15, -0.1) is 0 Å². The Morgan fingerprint density at radius 2 is 1.37 bits per heavy atom. The minimum Gasteiger partial charge on any atom is -0.479 e. The summed E-state index contributed by atoms with van der Waals surface area (Å²) >= 11 is 0. The van der Waals surface area contributed by atoms with Gasteiger partial charge in [-0.25, -0.2) is 0 Å². The normalized spacial score (nSPS) is 18.3. The summed E-state index contributed by atoms with van der Waals surface area (Å²) in [6.07, 6.45) is 3.21. The van der Waals surface area contributed by atoms with Gasteiger partial charge in [0.2, 0.25) is 0 Å². The van der Waals surface area contributed by atoms with E-state index in [9.17, 15) is 0 Å². The highest BCUT2D eigenvalue weighted by Crippen LogP contribution is 2.32. The van der Waals surface area contributed by atoms with Crippen LogP contribution in [-0.2, 0) is 4.74 Å². The standard InChI is InChI=1S/C17H15NO/c18-17-16(14-9-5-2-6-10-14)15(11-12-19-17)13-7-3-1-4-8-13/h1-12,17H,18H2. The topological polar surface area (TPSA) is 35.2 Å². The first-order chi connectivity index (χ1) is 9.36. The van der Waals surface area contributed by atoms with Crippen LogP contribution in [0.4, 0.5) is 0 Å². The fourth-order valence-electron chi connectivity index (χ4n) is 2.31. The SMILES string of the molecule is NC1OC=CC(c2ccccc2)=C1c1ccccc1. The number of ether oxygens (including phenoxy) is 1. The lowest BCUT2D eigenvalue weighted by Crippen LogP contribution is -2.26. The highest BCUT2D eigenvalue weighted by Gasteiger charge is 2.20. The van der Waals surface area contributed by atoms with E-state index in [0.717, 1.165) is 22.3 Å². The molecule has 0 bridgehead atoms. The molecule has 1 unspecified atom stereocenters. The Balaban J connectivity index is 2.18. The summed E-state index contributed by atoms with van der Waals surface area (Å²) in [6.45, 7) is 0. The molecule has 1 aliphatic rings. The zero-order valence-electron chi connectivity index (χ0n) is 10.5. The second kappa shape index (κ2) is 5.12. The first-order valence-corrected chi connectivity index (χ1v) is 6.29. The fraction of sp³-hybridized carbons (Fsp3) is 0.0588. The number of hydrogen-bond donors (Lipinski definition) is 1. The minimum absolute atomic E-state index is 0.428. The van der Waals surface area contributed by atoms with Gasteiger partial charge in [-0.1, -0.05) is 60.7 Å². The number of benzene rings is 2. The van der Waals surface area contributed by atoms with Gasteiger partial charge in [-0.05, 0) is 22.8 Å². The maximum atomic E-state index is 6.11. The molecule has 2 aromatic carbocycles. The first kappa shape index (κ1) is 11.8. The Morgan fingerprint density at radius 3 is 2.00 bits per heavy atom. The lowest BCUT2D eigenvalue weighted by atomic mass is 9.92. The summed E-state index contributed by atoms with van der Waals surface area (Å²) in [4.78, 5) is 0. The zero-order valence-corrected chi connectivity index (χ0v) is 10.5. The number of rotatable bonds is 2. The molecular weight excluding hydrogens is 234 g/mol. The van der Waals surface area contributed by atoms with Crippen LogP contribution < -0.4 is 5.73 Å². The molecule has 2 aromatic rings. The van der Waals surface area contributed by atoms with E-state index in [1.54, 1.807) is 6.26 Å². The molecule has 0 fully saturated rings. The van der Waals surface area contributed by atoms with Crippen molar-refractivity contribution in [3.05, 3.63) is 84.1 Å². The lowest BCUT2D eigenvalue weighted by Gasteiger charge is -2.23. The van der Waals surface area contributed by atoms with Crippen LogP contribution in [-0.4, -0.2) is 6.23 Å². The van der Waals surface area contributed by atoms with Crippen LogP contribution in [0.25, 0.3) is 11.1 Å². The summed E-state index contributed by atoms with van der Waals surface area (Å²) in [6, 6.07) is 20.4. The van der Waals surface area contributed by atoms with Crippen molar-refractivity contribution in [2.45, 2.75) is 6.23 Å². The van der Waals surface area contributed by atoms with Crippen molar-refractivity contribution in [2.75, 3.05) is 0 Å². The molecule has 1 aliphatic heterocycles. The van der Waals surface area contributed by atoms with E-state index < -0.39 is 6.23 Å². The highest BCUT2D eigenvalue weighted by molar-refractivity contribution is 5.97. The summed E-state index contributed by atoms with van der Waals surface area (Å²) in [5.41, 5.74) is 10.5. The third-order valence-corrected chi connectivity index (χ3v) is 3.20. The van der Waals surface area contributed by atoms with E-state index >= 15 is 0 Å². The highest BCUT2D eigenvalue weighted by atomic mass is 16.5. The Hall–Kier alpha value is -2.32. The second-order valence-electron chi connectivity index (χ2n) is 4.42. The molecule has 0 aromatic heterocycles. The summed E-state index contributed by atoms with van der Waals surface area (Å²) < 4.78 is 5.44. The predicted molar refractivity (Wildman–Crippen MR) is 77.9 cm³/mol. The third kappa shape index (κ3) is 2.30. The number of allylic oxidation sites excluding steroid dienone is 2. The number of hydrogen-bond acceptors (Lipinski definition) is 2. The van der Waals surface area contributed by atoms with Gasteiger partial charge in [0.25, 0.3) is 0 Å². The summed E-state index contributed by atoms with van der Waals surface area (Å²) in [5.74, 6) is 0. The van der Waals surface area contributed by atoms with Crippen LogP contribution in [0.2, 0.25) is 0 Å². The van der Waals surface area contributed by atoms with Crippen molar-refractivity contribution < 1.29 is 4.74 Å². The molecule has 0 saturated heterocycles. The lowest BCUT2D eigenvalue weighted by molar-refractivity contribution is 0.199. The van der Waals surface area contributed by atoms with Crippen LogP contribution in [0, 0.1) is 0 Å². The van der Waals surface area contributed by atoms with E-state index in [1.165, 1.54) is 0 Å². The monoisotopic (exact) mass is 249 g/mol. The van der Waals surface area contributed by atoms with Crippen molar-refractivity contribution in [3.63, 3.8) is 0 Å². The van der Waals surface area contributed by atoms with Crippen molar-refractivity contribution in [1.29, 1.82) is 0 Å². The maximum Gasteiger partial charge on any atom is 0.174 e. The van der Waals surface area contributed by atoms with Gasteiger partial charge in [0.1, 0.15) is 0 Å². The van der Waals surface area contributed by atoms with E-state index in [0.29, 0.717) is 0 Å². The molecule has 1 heterocycles. The summed E-state index contributed by atoms with van der Waals surface area (Å²) in [5, 5.41) is 0. The molecule has 94 valence electrons. The van der Waals surface area contributed by atoms with Crippen molar-refractivity contribution in [2.24, 2.45) is 5.73 Å². The van der Waals surface area contributed by atoms with E-state index in [2.05, 4.69) is 24.3 Å². The van der Waals surface area contributed by atoms with Crippen LogP contribution in [0.1, 0.15) is 11.1 Å². The van der Waals surface area contributed by atoms with Crippen molar-refractivity contribution in [1.82, 2.24) is 0 Å². The van der Waals surface area contributed by atoms with Gasteiger partial charge >= 0.3 is 0 Å². The quantitative estimate of drug-likeness (QED) is 0.885. The van der Waals surface area contributed by atoms with Crippen LogP contribution in [0.5, 0.6) is 0 Å². The predicted octanol–water partition coefficient (Wildman–Crippen LogP) is 3.43. The van der Waals surface area contributed by atoms with Gasteiger partial charge in [-0.2, -0.15) is 0 Å². The summed E-state index contributed by atoms with van der Waals surface area (Å²) in [7, 11) is 0. The molecule has 0 amide bonds. The molecule has 0 aliphatic carbocycles. The third-order valence-electron chi connectivity index (χ3n) is 3.20. The fourth-order valence-corrected chi connectivity index (χ4v) is 2.31. The van der Waals surface area contributed by atoms with Crippen molar-refractivity contribution in [3.8, 4) is 0 Å². The Labute approximate surface area is 112 Å². The van der Waals surface area contributed by atoms with E-state index in [1.807, 2.05) is 42.5 Å². The molecular formula is C17H15NO. The van der Waals surface area contributed by atoms with Gasteiger partial charge in [0, 0.05) is 5.57 Å². The van der Waals surface area contributed by atoms with Crippen molar-refractivity contribution >= 4 is 11.1 Å². The van der Waals surface area contributed by atoms with Crippen LogP contribution in [0.3, 0.4) is 0 Å². The zero-order chi connectivity index (χ0) is 13.1. The Bertz CT molecular complexity index is 614. The molecule has 2 heteroatoms. The average molecular weight is 249 g/mol. The Morgan fingerprint density at radius 1 is 0.789 bits per heavy atom. The maximum absolute atomic E-state index is 6.11. The van der Waals surface area contributed by atoms with Gasteiger partial charge < -0.3 is 4.74 Å². The molecule has 3 rings (SSSR count). The molecule has 0 saturated carbocycles. The number of nitrogens with two attached hydrogens (primary N) is 1. The second-order valence-corrected chi connectivity index (χ2v) is 4.42. The molecule has 0 radical (unpaired) electrons. The Kier molecular flexibility index (Phi) is 3.17. The average Bonchev–Trinajstić information content (AvgIpc) is 2.49. The molecule has 0 spiro atoms.